The molecule has 20 heavy (non-hydrogen) atoms. The van der Waals surface area contributed by atoms with Gasteiger partial charge in [0.1, 0.15) is 11.6 Å². The average molecular weight is 274 g/mol. The summed E-state index contributed by atoms with van der Waals surface area (Å²) in [5, 5.41) is 4.86. The van der Waals surface area contributed by atoms with Crippen molar-refractivity contribution in [1.82, 2.24) is 5.32 Å². The number of hydrogen-bond donors (Lipinski definition) is 2. The highest BCUT2D eigenvalue weighted by Gasteiger charge is 2.00. The first-order valence-electron chi connectivity index (χ1n) is 5.89. The SMILES string of the molecule is O=C(N/C=C/c1ccccc1F)Nc1cccc(F)c1. The zero-order valence-corrected chi connectivity index (χ0v) is 10.4. The number of amides is 2. The summed E-state index contributed by atoms with van der Waals surface area (Å²) in [6, 6.07) is 11.2. The lowest BCUT2D eigenvalue weighted by Crippen LogP contribution is -2.23. The van der Waals surface area contributed by atoms with Crippen molar-refractivity contribution in [3.05, 3.63) is 71.9 Å². The molecule has 0 aliphatic carbocycles. The molecule has 0 aliphatic heterocycles. The Balaban J connectivity index is 1.91. The van der Waals surface area contributed by atoms with E-state index in [9.17, 15) is 13.6 Å². The van der Waals surface area contributed by atoms with E-state index >= 15 is 0 Å². The van der Waals surface area contributed by atoms with Gasteiger partial charge in [0.2, 0.25) is 0 Å². The van der Waals surface area contributed by atoms with Crippen molar-refractivity contribution in [3.8, 4) is 0 Å². The highest BCUT2D eigenvalue weighted by molar-refractivity contribution is 5.90. The van der Waals surface area contributed by atoms with Crippen molar-refractivity contribution in [2.75, 3.05) is 5.32 Å². The lowest BCUT2D eigenvalue weighted by atomic mass is 10.2. The normalized spacial score (nSPS) is 10.5. The van der Waals surface area contributed by atoms with E-state index < -0.39 is 11.8 Å². The van der Waals surface area contributed by atoms with Crippen LogP contribution < -0.4 is 10.6 Å². The fraction of sp³-hybridized carbons (Fsp3) is 0. The Morgan fingerprint density at radius 1 is 1.05 bits per heavy atom. The molecule has 0 aliphatic rings. The van der Waals surface area contributed by atoms with E-state index in [0.717, 1.165) is 0 Å². The van der Waals surface area contributed by atoms with Gasteiger partial charge >= 0.3 is 6.03 Å². The van der Waals surface area contributed by atoms with Crippen LogP contribution in [-0.2, 0) is 0 Å². The van der Waals surface area contributed by atoms with Gasteiger partial charge in [0, 0.05) is 17.5 Å². The van der Waals surface area contributed by atoms with Crippen molar-refractivity contribution in [1.29, 1.82) is 0 Å². The second kappa shape index (κ2) is 6.47. The molecule has 102 valence electrons. The Morgan fingerprint density at radius 3 is 2.60 bits per heavy atom. The van der Waals surface area contributed by atoms with Crippen LogP contribution in [0.4, 0.5) is 19.3 Å². The van der Waals surface area contributed by atoms with Crippen LogP contribution in [0.25, 0.3) is 6.08 Å². The Bertz CT molecular complexity index is 641. The van der Waals surface area contributed by atoms with Crippen LogP contribution in [-0.4, -0.2) is 6.03 Å². The lowest BCUT2D eigenvalue weighted by molar-refractivity contribution is 0.255. The maximum atomic E-state index is 13.3. The van der Waals surface area contributed by atoms with Crippen molar-refractivity contribution in [3.63, 3.8) is 0 Å². The first kappa shape index (κ1) is 13.7. The van der Waals surface area contributed by atoms with E-state index in [-0.39, 0.29) is 5.82 Å². The van der Waals surface area contributed by atoms with Crippen molar-refractivity contribution < 1.29 is 13.6 Å². The maximum Gasteiger partial charge on any atom is 0.323 e. The molecule has 0 fully saturated rings. The highest BCUT2D eigenvalue weighted by Crippen LogP contribution is 2.09. The number of hydrogen-bond acceptors (Lipinski definition) is 1. The molecule has 0 unspecified atom stereocenters. The van der Waals surface area contributed by atoms with E-state index in [2.05, 4.69) is 10.6 Å². The van der Waals surface area contributed by atoms with Crippen LogP contribution in [0.3, 0.4) is 0 Å². The molecule has 2 aromatic carbocycles. The number of halogens is 2. The number of benzene rings is 2. The molecule has 2 rings (SSSR count). The molecule has 0 saturated carbocycles. The third kappa shape index (κ3) is 3.91. The first-order chi connectivity index (χ1) is 9.65. The predicted molar refractivity (Wildman–Crippen MR) is 74.0 cm³/mol. The Labute approximate surface area is 114 Å². The molecule has 0 saturated heterocycles. The summed E-state index contributed by atoms with van der Waals surface area (Å²) in [4.78, 5) is 11.5. The second-order valence-electron chi connectivity index (χ2n) is 3.96. The molecule has 0 heterocycles. The topological polar surface area (TPSA) is 41.1 Å². The number of carbonyl (C=O) groups excluding carboxylic acids is 1. The zero-order chi connectivity index (χ0) is 14.4. The van der Waals surface area contributed by atoms with Crippen molar-refractivity contribution in [2.24, 2.45) is 0 Å². The Hall–Kier alpha value is -2.69. The maximum absolute atomic E-state index is 13.3. The van der Waals surface area contributed by atoms with Gasteiger partial charge in [-0.2, -0.15) is 0 Å². The number of anilines is 1. The smallest absolute Gasteiger partial charge is 0.314 e. The standard InChI is InChI=1S/C15H12F2N2O/c16-12-5-3-6-13(10-12)19-15(20)18-9-8-11-4-1-2-7-14(11)17/h1-10H,(H2,18,19,20)/b9-8+. The fourth-order valence-electron chi connectivity index (χ4n) is 1.55. The molecule has 0 atom stereocenters. The van der Waals surface area contributed by atoms with Gasteiger partial charge in [0.25, 0.3) is 0 Å². The molecule has 3 nitrogen and oxygen atoms in total. The van der Waals surface area contributed by atoms with Crippen LogP contribution in [0.2, 0.25) is 0 Å². The molecule has 2 amide bonds. The minimum Gasteiger partial charge on any atom is -0.314 e. The van der Waals surface area contributed by atoms with Gasteiger partial charge in [0.05, 0.1) is 0 Å². The first-order valence-corrected chi connectivity index (χ1v) is 5.89. The molecular formula is C15H12F2N2O. The van der Waals surface area contributed by atoms with Gasteiger partial charge in [-0.15, -0.1) is 0 Å². The number of rotatable bonds is 3. The minimum atomic E-state index is -0.539. The monoisotopic (exact) mass is 274 g/mol. The van der Waals surface area contributed by atoms with E-state index in [1.807, 2.05) is 0 Å². The van der Waals surface area contributed by atoms with Crippen LogP contribution >= 0.6 is 0 Å². The number of urea groups is 1. The quantitative estimate of drug-likeness (QED) is 0.879. The Morgan fingerprint density at radius 2 is 1.85 bits per heavy atom. The van der Waals surface area contributed by atoms with Crippen molar-refractivity contribution in [2.45, 2.75) is 0 Å². The number of nitrogens with one attached hydrogen (secondary N) is 2. The largest absolute Gasteiger partial charge is 0.323 e. The summed E-state index contributed by atoms with van der Waals surface area (Å²) in [5.74, 6) is -0.819. The van der Waals surface area contributed by atoms with Gasteiger partial charge in [-0.3, -0.25) is 0 Å². The summed E-state index contributed by atoms with van der Waals surface area (Å²) in [6.07, 6.45) is 2.74. The second-order valence-corrected chi connectivity index (χ2v) is 3.96. The third-order valence-electron chi connectivity index (χ3n) is 2.47. The molecular weight excluding hydrogens is 262 g/mol. The molecule has 0 bridgehead atoms. The van der Waals surface area contributed by atoms with Crippen LogP contribution in [0.15, 0.2) is 54.7 Å². The van der Waals surface area contributed by atoms with E-state index in [1.165, 1.54) is 36.5 Å². The summed E-state index contributed by atoms with van der Waals surface area (Å²) in [6.45, 7) is 0. The molecule has 2 N–H and O–H groups in total. The van der Waals surface area contributed by atoms with Gasteiger partial charge in [0.15, 0.2) is 0 Å². The van der Waals surface area contributed by atoms with E-state index in [0.29, 0.717) is 11.3 Å². The molecule has 0 aromatic heterocycles. The fourth-order valence-corrected chi connectivity index (χ4v) is 1.55. The van der Waals surface area contributed by atoms with Crippen molar-refractivity contribution >= 4 is 17.8 Å². The molecule has 2 aromatic rings. The van der Waals surface area contributed by atoms with Crippen LogP contribution in [0, 0.1) is 11.6 Å². The highest BCUT2D eigenvalue weighted by atomic mass is 19.1. The number of carbonyl (C=O) groups is 1. The van der Waals surface area contributed by atoms with Gasteiger partial charge < -0.3 is 10.6 Å². The minimum absolute atomic E-state index is 0.335. The van der Waals surface area contributed by atoms with E-state index in [4.69, 9.17) is 0 Å². The molecule has 5 heteroatoms. The van der Waals surface area contributed by atoms with Gasteiger partial charge in [-0.05, 0) is 30.3 Å². The summed E-state index contributed by atoms with van der Waals surface area (Å²) in [7, 11) is 0. The summed E-state index contributed by atoms with van der Waals surface area (Å²) >= 11 is 0. The average Bonchev–Trinajstić information content (AvgIpc) is 2.41. The predicted octanol–water partition coefficient (Wildman–Crippen LogP) is 3.76. The summed E-state index contributed by atoms with van der Waals surface area (Å²) < 4.78 is 26.2. The van der Waals surface area contributed by atoms with Gasteiger partial charge in [-0.1, -0.05) is 24.3 Å². The zero-order valence-electron chi connectivity index (χ0n) is 10.4. The summed E-state index contributed by atoms with van der Waals surface area (Å²) in [5.41, 5.74) is 0.695. The van der Waals surface area contributed by atoms with Gasteiger partial charge in [-0.25, -0.2) is 13.6 Å². The van der Waals surface area contributed by atoms with E-state index in [1.54, 1.807) is 24.3 Å². The van der Waals surface area contributed by atoms with Crippen LogP contribution in [0.5, 0.6) is 0 Å². The molecule has 0 radical (unpaired) electrons. The third-order valence-corrected chi connectivity index (χ3v) is 2.47. The Kier molecular flexibility index (Phi) is 4.44. The molecule has 0 spiro atoms. The lowest BCUT2D eigenvalue weighted by Gasteiger charge is -2.04. The van der Waals surface area contributed by atoms with Crippen LogP contribution in [0.1, 0.15) is 5.56 Å².